The number of carbonyl (C=O) groups excluding carboxylic acids is 1. The predicted molar refractivity (Wildman–Crippen MR) is 112 cm³/mol. The first-order valence-electron chi connectivity index (χ1n) is 8.14. The molecular weight excluding hydrogens is 407 g/mol. The molecule has 0 fully saturated rings. The first-order chi connectivity index (χ1) is 12.9. The van der Waals surface area contributed by atoms with Crippen molar-refractivity contribution in [1.29, 1.82) is 0 Å². The summed E-state index contributed by atoms with van der Waals surface area (Å²) in [6, 6.07) is 20.3. The van der Waals surface area contributed by atoms with E-state index in [4.69, 9.17) is 39.5 Å². The highest BCUT2D eigenvalue weighted by Crippen LogP contribution is 2.32. The zero-order valence-corrected chi connectivity index (χ0v) is 16.6. The van der Waals surface area contributed by atoms with Gasteiger partial charge in [-0.15, -0.1) is 0 Å². The molecule has 0 saturated carbocycles. The molecule has 7 heteroatoms. The number of hydrogen-bond acceptors (Lipinski definition) is 3. The minimum absolute atomic E-state index is 0.373. The molecule has 0 aliphatic carbocycles. The van der Waals surface area contributed by atoms with E-state index in [-0.39, 0.29) is 5.91 Å². The van der Waals surface area contributed by atoms with Crippen molar-refractivity contribution in [3.63, 3.8) is 0 Å². The van der Waals surface area contributed by atoms with Crippen molar-refractivity contribution in [2.24, 2.45) is 0 Å². The molecule has 1 atom stereocenters. The van der Waals surface area contributed by atoms with E-state index < -0.39 is 9.96 Å². The van der Waals surface area contributed by atoms with Crippen LogP contribution in [0.1, 0.15) is 10.4 Å². The van der Waals surface area contributed by atoms with Gasteiger partial charge in [-0.2, -0.15) is 0 Å². The van der Waals surface area contributed by atoms with Gasteiger partial charge in [0.25, 0.3) is 5.91 Å². The summed E-state index contributed by atoms with van der Waals surface area (Å²) in [4.78, 5) is 12.5. The average molecular weight is 424 g/mol. The van der Waals surface area contributed by atoms with E-state index in [1.165, 1.54) is 0 Å². The maximum Gasteiger partial charge on any atom is 0.252 e. The van der Waals surface area contributed by atoms with Gasteiger partial charge in [0.15, 0.2) is 0 Å². The lowest BCUT2D eigenvalue weighted by atomic mass is 10.1. The van der Waals surface area contributed by atoms with Gasteiger partial charge in [0, 0.05) is 11.3 Å². The molecule has 0 bridgehead atoms. The van der Waals surface area contributed by atoms with Crippen LogP contribution in [0.2, 0.25) is 0 Å². The van der Waals surface area contributed by atoms with Crippen LogP contribution in [0.5, 0.6) is 5.75 Å². The van der Waals surface area contributed by atoms with Crippen LogP contribution >= 0.6 is 34.8 Å². The van der Waals surface area contributed by atoms with Crippen LogP contribution in [0.3, 0.4) is 0 Å². The fourth-order valence-electron chi connectivity index (χ4n) is 2.60. The van der Waals surface area contributed by atoms with Crippen molar-refractivity contribution >= 4 is 57.2 Å². The molecule has 2 N–H and O–H groups in total. The number of rotatable bonds is 5. The Kier molecular flexibility index (Phi) is 6.00. The van der Waals surface area contributed by atoms with Gasteiger partial charge in [-0.3, -0.25) is 4.79 Å². The molecule has 0 aliphatic rings. The second-order valence-corrected chi connectivity index (χ2v) is 8.25. The van der Waals surface area contributed by atoms with Crippen molar-refractivity contribution in [3.8, 4) is 5.75 Å². The summed E-state index contributed by atoms with van der Waals surface area (Å²) in [6.07, 6.45) is -0.932. The van der Waals surface area contributed by atoms with Crippen LogP contribution in [0.15, 0.2) is 66.7 Å². The van der Waals surface area contributed by atoms with Gasteiger partial charge in [0.05, 0.1) is 7.11 Å². The molecule has 0 aliphatic heterocycles. The van der Waals surface area contributed by atoms with Gasteiger partial charge in [-0.25, -0.2) is 0 Å². The van der Waals surface area contributed by atoms with Crippen LogP contribution in [-0.4, -0.2) is 23.0 Å². The number of nitrogens with one attached hydrogen (secondary N) is 2. The molecule has 27 heavy (non-hydrogen) atoms. The number of anilines is 1. The summed E-state index contributed by atoms with van der Waals surface area (Å²) >= 11 is 18.2. The fraction of sp³-hybridized carbons (Fsp3) is 0.150. The van der Waals surface area contributed by atoms with Crippen molar-refractivity contribution < 1.29 is 9.53 Å². The minimum Gasteiger partial charge on any atom is -0.497 e. The number of alkyl halides is 3. The molecule has 4 nitrogen and oxygen atoms in total. The number of methoxy groups -OCH3 is 1. The topological polar surface area (TPSA) is 50.4 Å². The zero-order valence-electron chi connectivity index (χ0n) is 14.4. The molecule has 0 saturated heterocycles. The summed E-state index contributed by atoms with van der Waals surface area (Å²) in [5, 5.41) is 7.93. The summed E-state index contributed by atoms with van der Waals surface area (Å²) in [5.41, 5.74) is 1.15. The quantitative estimate of drug-likeness (QED) is 0.427. The lowest BCUT2D eigenvalue weighted by Gasteiger charge is -2.27. The van der Waals surface area contributed by atoms with Gasteiger partial charge in [-0.05, 0) is 47.2 Å². The van der Waals surface area contributed by atoms with Crippen molar-refractivity contribution in [3.05, 3.63) is 72.3 Å². The van der Waals surface area contributed by atoms with Crippen LogP contribution < -0.4 is 15.4 Å². The van der Waals surface area contributed by atoms with Crippen LogP contribution in [0.4, 0.5) is 5.69 Å². The number of benzene rings is 3. The number of fused-ring (bicyclic) bond motifs is 1. The molecule has 0 radical (unpaired) electrons. The van der Waals surface area contributed by atoms with E-state index >= 15 is 0 Å². The molecule has 3 rings (SSSR count). The van der Waals surface area contributed by atoms with E-state index in [1.54, 1.807) is 31.4 Å². The predicted octanol–water partition coefficient (Wildman–Crippen LogP) is 5.39. The lowest BCUT2D eigenvalue weighted by Crippen LogP contribution is -2.49. The largest absolute Gasteiger partial charge is 0.497 e. The number of amides is 1. The zero-order chi connectivity index (χ0) is 19.4. The molecular formula is C20H17Cl3N2O2. The minimum atomic E-state index is -1.76. The highest BCUT2D eigenvalue weighted by atomic mass is 35.6. The standard InChI is InChI=1S/C20H17Cl3N2O2/c1-27-17-10-7-14(8-11-17)18(26)25-19(20(21,22)23)24-16-9-6-13-4-2-3-5-15(13)12-16/h2-12,19,24H,1H3,(H,25,26)/t19-/m1/s1. The Morgan fingerprint density at radius 3 is 2.26 bits per heavy atom. The van der Waals surface area contributed by atoms with Crippen molar-refractivity contribution in [2.45, 2.75) is 9.96 Å². The highest BCUT2D eigenvalue weighted by Gasteiger charge is 2.34. The third-order valence-corrected chi connectivity index (χ3v) is 4.67. The maximum atomic E-state index is 12.5. The van der Waals surface area contributed by atoms with E-state index in [2.05, 4.69) is 10.6 Å². The number of hydrogen-bond donors (Lipinski definition) is 2. The highest BCUT2D eigenvalue weighted by molar-refractivity contribution is 6.68. The fourth-order valence-corrected chi connectivity index (χ4v) is 2.93. The molecule has 3 aromatic carbocycles. The summed E-state index contributed by atoms with van der Waals surface area (Å²) in [5.74, 6) is 0.279. The Bertz CT molecular complexity index is 940. The third kappa shape index (κ3) is 4.98. The van der Waals surface area contributed by atoms with Gasteiger partial charge in [0.2, 0.25) is 3.79 Å². The Morgan fingerprint density at radius 2 is 1.63 bits per heavy atom. The average Bonchev–Trinajstić information content (AvgIpc) is 2.66. The van der Waals surface area contributed by atoms with E-state index in [0.29, 0.717) is 11.3 Å². The van der Waals surface area contributed by atoms with Gasteiger partial charge < -0.3 is 15.4 Å². The second-order valence-electron chi connectivity index (χ2n) is 5.88. The van der Waals surface area contributed by atoms with Crippen molar-refractivity contribution in [2.75, 3.05) is 12.4 Å². The van der Waals surface area contributed by atoms with Gasteiger partial charge in [0.1, 0.15) is 11.9 Å². The molecule has 1 amide bonds. The SMILES string of the molecule is COc1ccc(C(=O)N[C@@H](Nc2ccc3ccccc3c2)C(Cl)(Cl)Cl)cc1. The Balaban J connectivity index is 1.79. The second kappa shape index (κ2) is 8.26. The maximum absolute atomic E-state index is 12.5. The van der Waals surface area contributed by atoms with Crippen molar-refractivity contribution in [1.82, 2.24) is 5.32 Å². The summed E-state index contributed by atoms with van der Waals surface area (Å²) in [7, 11) is 1.56. The monoisotopic (exact) mass is 422 g/mol. The normalized spacial score (nSPS) is 12.4. The van der Waals surface area contributed by atoms with E-state index in [1.807, 2.05) is 42.5 Å². The first-order valence-corrected chi connectivity index (χ1v) is 9.27. The molecule has 0 unspecified atom stereocenters. The first kappa shape index (κ1) is 19.6. The Morgan fingerprint density at radius 1 is 0.963 bits per heavy atom. The molecule has 0 aromatic heterocycles. The molecule has 3 aromatic rings. The smallest absolute Gasteiger partial charge is 0.252 e. The third-order valence-electron chi connectivity index (χ3n) is 4.02. The number of halogens is 3. The van der Waals surface area contributed by atoms with Crippen LogP contribution in [-0.2, 0) is 0 Å². The van der Waals surface area contributed by atoms with Crippen LogP contribution in [0.25, 0.3) is 10.8 Å². The number of ether oxygens (including phenoxy) is 1. The van der Waals surface area contributed by atoms with Crippen LogP contribution in [0, 0.1) is 0 Å². The number of carbonyl (C=O) groups is 1. The molecule has 140 valence electrons. The lowest BCUT2D eigenvalue weighted by molar-refractivity contribution is 0.0942. The Labute approximate surface area is 172 Å². The Hall–Kier alpha value is -2.14. The molecule has 0 spiro atoms. The van der Waals surface area contributed by atoms with Gasteiger partial charge >= 0.3 is 0 Å². The summed E-state index contributed by atoms with van der Waals surface area (Å²) in [6.45, 7) is 0. The summed E-state index contributed by atoms with van der Waals surface area (Å²) < 4.78 is 3.33. The van der Waals surface area contributed by atoms with E-state index in [9.17, 15) is 4.79 Å². The van der Waals surface area contributed by atoms with Gasteiger partial charge in [-0.1, -0.05) is 65.1 Å². The van der Waals surface area contributed by atoms with E-state index in [0.717, 1.165) is 16.5 Å². The molecule has 0 heterocycles.